The Kier molecular flexibility index (Phi) is 3.67. The zero-order valence-corrected chi connectivity index (χ0v) is 10.9. The molecular formula is C14H18N2O2. The monoisotopic (exact) mass is 246 g/mol. The average Bonchev–Trinajstić information content (AvgIpc) is 2.66. The number of aromatic nitrogens is 2. The van der Waals surface area contributed by atoms with E-state index in [1.165, 1.54) is 0 Å². The van der Waals surface area contributed by atoms with Crippen LogP contribution in [0, 0.1) is 6.92 Å². The van der Waals surface area contributed by atoms with Crippen molar-refractivity contribution in [1.82, 2.24) is 9.78 Å². The summed E-state index contributed by atoms with van der Waals surface area (Å²) in [6, 6.07) is 9.48. The van der Waals surface area contributed by atoms with Gasteiger partial charge in [0.1, 0.15) is 12.4 Å². The van der Waals surface area contributed by atoms with Crippen molar-refractivity contribution >= 4 is 0 Å². The molecule has 4 nitrogen and oxygen atoms in total. The minimum Gasteiger partial charge on any atom is -0.487 e. The molecule has 1 aromatic heterocycles. The van der Waals surface area contributed by atoms with Gasteiger partial charge in [-0.25, -0.2) is 0 Å². The molecular weight excluding hydrogens is 228 g/mol. The van der Waals surface area contributed by atoms with Gasteiger partial charge in [-0.3, -0.25) is 4.68 Å². The molecule has 0 amide bonds. The number of hydrogen-bond donors (Lipinski definition) is 1. The summed E-state index contributed by atoms with van der Waals surface area (Å²) in [7, 11) is 1.90. The Labute approximate surface area is 107 Å². The van der Waals surface area contributed by atoms with Crippen molar-refractivity contribution in [2.75, 3.05) is 0 Å². The van der Waals surface area contributed by atoms with Gasteiger partial charge in [-0.05, 0) is 37.6 Å². The Balaban J connectivity index is 2.00. The van der Waals surface area contributed by atoms with E-state index in [0.717, 1.165) is 22.7 Å². The zero-order valence-electron chi connectivity index (χ0n) is 10.9. The van der Waals surface area contributed by atoms with Crippen LogP contribution in [0.4, 0.5) is 0 Å². The molecule has 0 radical (unpaired) electrons. The summed E-state index contributed by atoms with van der Waals surface area (Å²) in [5, 5.41) is 13.7. The molecule has 1 aromatic carbocycles. The van der Waals surface area contributed by atoms with E-state index in [4.69, 9.17) is 4.74 Å². The summed E-state index contributed by atoms with van der Waals surface area (Å²) >= 11 is 0. The van der Waals surface area contributed by atoms with Crippen molar-refractivity contribution in [1.29, 1.82) is 0 Å². The van der Waals surface area contributed by atoms with Gasteiger partial charge in [0.2, 0.25) is 0 Å². The van der Waals surface area contributed by atoms with Crippen LogP contribution in [0.15, 0.2) is 30.3 Å². The lowest BCUT2D eigenvalue weighted by Crippen LogP contribution is -2.03. The number of aliphatic hydroxyl groups is 1. The van der Waals surface area contributed by atoms with Gasteiger partial charge in [-0.15, -0.1) is 0 Å². The number of ether oxygens (including phenoxy) is 1. The molecule has 0 saturated heterocycles. The molecule has 0 unspecified atom stereocenters. The second-order valence-electron chi connectivity index (χ2n) is 4.43. The number of aryl methyl sites for hydroxylation is 2. The minimum atomic E-state index is -0.446. The van der Waals surface area contributed by atoms with Crippen molar-refractivity contribution in [2.24, 2.45) is 7.05 Å². The maximum atomic E-state index is 9.41. The van der Waals surface area contributed by atoms with E-state index in [1.54, 1.807) is 6.92 Å². The number of rotatable bonds is 4. The number of hydrogen-bond acceptors (Lipinski definition) is 3. The Hall–Kier alpha value is -1.81. The quantitative estimate of drug-likeness (QED) is 0.900. The predicted molar refractivity (Wildman–Crippen MR) is 69.4 cm³/mol. The fraction of sp³-hybridized carbons (Fsp3) is 0.357. The first-order chi connectivity index (χ1) is 8.56. The first-order valence-corrected chi connectivity index (χ1v) is 5.96. The SMILES string of the molecule is Cc1cc(COc2ccc([C@@H](C)O)cc2)n(C)n1. The van der Waals surface area contributed by atoms with Crippen molar-refractivity contribution < 1.29 is 9.84 Å². The molecule has 1 N–H and O–H groups in total. The summed E-state index contributed by atoms with van der Waals surface area (Å²) in [5.41, 5.74) is 2.91. The van der Waals surface area contributed by atoms with Gasteiger partial charge in [0.05, 0.1) is 17.5 Å². The second-order valence-corrected chi connectivity index (χ2v) is 4.43. The van der Waals surface area contributed by atoms with Crippen LogP contribution in [-0.2, 0) is 13.7 Å². The summed E-state index contributed by atoms with van der Waals surface area (Å²) in [6.45, 7) is 4.20. The maximum Gasteiger partial charge on any atom is 0.130 e. The standard InChI is InChI=1S/C14H18N2O2/c1-10-8-13(16(3)15-10)9-18-14-6-4-12(5-7-14)11(2)17/h4-8,11,17H,9H2,1-3H3/t11-/m1/s1. The highest BCUT2D eigenvalue weighted by Crippen LogP contribution is 2.18. The third-order valence-electron chi connectivity index (χ3n) is 2.85. The van der Waals surface area contributed by atoms with Crippen molar-refractivity contribution in [3.8, 4) is 5.75 Å². The topological polar surface area (TPSA) is 47.3 Å². The molecule has 4 heteroatoms. The van der Waals surface area contributed by atoms with Gasteiger partial charge in [0.25, 0.3) is 0 Å². The lowest BCUT2D eigenvalue weighted by molar-refractivity contribution is 0.199. The van der Waals surface area contributed by atoms with Crippen LogP contribution in [-0.4, -0.2) is 14.9 Å². The van der Waals surface area contributed by atoms with E-state index in [1.807, 2.05) is 49.0 Å². The average molecular weight is 246 g/mol. The van der Waals surface area contributed by atoms with Crippen LogP contribution in [0.25, 0.3) is 0 Å². The van der Waals surface area contributed by atoms with Crippen LogP contribution in [0.5, 0.6) is 5.75 Å². The van der Waals surface area contributed by atoms with E-state index in [-0.39, 0.29) is 0 Å². The van der Waals surface area contributed by atoms with E-state index in [2.05, 4.69) is 5.10 Å². The number of aliphatic hydroxyl groups excluding tert-OH is 1. The molecule has 1 heterocycles. The lowest BCUT2D eigenvalue weighted by atomic mass is 10.1. The molecule has 2 rings (SSSR count). The molecule has 0 aliphatic heterocycles. The first-order valence-electron chi connectivity index (χ1n) is 5.96. The Morgan fingerprint density at radius 2 is 2.00 bits per heavy atom. The summed E-state index contributed by atoms with van der Waals surface area (Å²) in [6.07, 6.45) is -0.446. The van der Waals surface area contributed by atoms with Crippen molar-refractivity contribution in [2.45, 2.75) is 26.6 Å². The molecule has 2 aromatic rings. The predicted octanol–water partition coefficient (Wildman–Crippen LogP) is 2.36. The molecule has 0 fully saturated rings. The van der Waals surface area contributed by atoms with E-state index >= 15 is 0 Å². The minimum absolute atomic E-state index is 0.446. The molecule has 0 aliphatic carbocycles. The molecule has 1 atom stereocenters. The van der Waals surface area contributed by atoms with Crippen LogP contribution in [0.1, 0.15) is 30.0 Å². The van der Waals surface area contributed by atoms with Crippen molar-refractivity contribution in [3.63, 3.8) is 0 Å². The van der Waals surface area contributed by atoms with E-state index in [0.29, 0.717) is 6.61 Å². The van der Waals surface area contributed by atoms with Crippen LogP contribution < -0.4 is 4.74 Å². The largest absolute Gasteiger partial charge is 0.487 e. The van der Waals surface area contributed by atoms with Gasteiger partial charge in [-0.1, -0.05) is 12.1 Å². The highest BCUT2D eigenvalue weighted by atomic mass is 16.5. The summed E-state index contributed by atoms with van der Waals surface area (Å²) in [4.78, 5) is 0. The lowest BCUT2D eigenvalue weighted by Gasteiger charge is -2.08. The third-order valence-corrected chi connectivity index (χ3v) is 2.85. The highest BCUT2D eigenvalue weighted by molar-refractivity contribution is 5.28. The number of benzene rings is 1. The van der Waals surface area contributed by atoms with Gasteiger partial charge in [-0.2, -0.15) is 5.10 Å². The van der Waals surface area contributed by atoms with Crippen molar-refractivity contribution in [3.05, 3.63) is 47.3 Å². The van der Waals surface area contributed by atoms with E-state index < -0.39 is 6.10 Å². The Bertz CT molecular complexity index is 515. The molecule has 96 valence electrons. The van der Waals surface area contributed by atoms with Crippen LogP contribution in [0.3, 0.4) is 0 Å². The highest BCUT2D eigenvalue weighted by Gasteiger charge is 2.04. The summed E-state index contributed by atoms with van der Waals surface area (Å²) in [5.74, 6) is 0.790. The fourth-order valence-electron chi connectivity index (χ4n) is 1.80. The Morgan fingerprint density at radius 1 is 1.33 bits per heavy atom. The molecule has 18 heavy (non-hydrogen) atoms. The van der Waals surface area contributed by atoms with E-state index in [9.17, 15) is 5.11 Å². The fourth-order valence-corrected chi connectivity index (χ4v) is 1.80. The molecule has 0 aliphatic rings. The van der Waals surface area contributed by atoms with Crippen LogP contribution in [0.2, 0.25) is 0 Å². The van der Waals surface area contributed by atoms with Gasteiger partial charge in [0.15, 0.2) is 0 Å². The smallest absolute Gasteiger partial charge is 0.130 e. The second kappa shape index (κ2) is 5.23. The zero-order chi connectivity index (χ0) is 13.1. The number of nitrogens with zero attached hydrogens (tertiary/aromatic N) is 2. The molecule has 0 bridgehead atoms. The van der Waals surface area contributed by atoms with Crippen LogP contribution >= 0.6 is 0 Å². The Morgan fingerprint density at radius 3 is 2.50 bits per heavy atom. The van der Waals surface area contributed by atoms with Gasteiger partial charge >= 0.3 is 0 Å². The van der Waals surface area contributed by atoms with Gasteiger partial charge in [0, 0.05) is 7.05 Å². The van der Waals surface area contributed by atoms with Gasteiger partial charge < -0.3 is 9.84 Å². The summed E-state index contributed by atoms with van der Waals surface area (Å²) < 4.78 is 7.50. The molecule has 0 saturated carbocycles. The first kappa shape index (κ1) is 12.6. The normalized spacial score (nSPS) is 12.4. The molecule has 0 spiro atoms. The maximum absolute atomic E-state index is 9.41. The third kappa shape index (κ3) is 2.90.